The molecule has 0 radical (unpaired) electrons. The molecule has 2 rings (SSSR count). The van der Waals surface area contributed by atoms with Gasteiger partial charge in [-0.3, -0.25) is 0 Å². The van der Waals surface area contributed by atoms with Crippen LogP contribution in [0, 0.1) is 0 Å². The lowest BCUT2D eigenvalue weighted by molar-refractivity contribution is 1.60. The van der Waals surface area contributed by atoms with Crippen LogP contribution in [0.5, 0.6) is 0 Å². The predicted octanol–water partition coefficient (Wildman–Crippen LogP) is 5.78. The van der Waals surface area contributed by atoms with E-state index in [4.69, 9.17) is 0 Å². The Balaban J connectivity index is 0.00000128. The predicted molar refractivity (Wildman–Crippen MR) is 90.2 cm³/mol. The van der Waals surface area contributed by atoms with Crippen molar-refractivity contribution in [2.75, 3.05) is 0 Å². The summed E-state index contributed by atoms with van der Waals surface area (Å²) in [6.07, 6.45) is 4.22. The standard InChI is InChI=1S/C14H11Br.2BrH/c15-14-9-5-4-8-13(14)11-10-12-6-2-1-3-7-12;;/h1-11H;2*1H. The van der Waals surface area contributed by atoms with Crippen molar-refractivity contribution in [2.24, 2.45) is 0 Å². The highest BCUT2D eigenvalue weighted by Gasteiger charge is 1.92. The minimum absolute atomic E-state index is 0. The summed E-state index contributed by atoms with van der Waals surface area (Å²) in [7, 11) is 0. The van der Waals surface area contributed by atoms with Crippen molar-refractivity contribution in [3.63, 3.8) is 0 Å². The number of halogens is 3. The van der Waals surface area contributed by atoms with E-state index in [0.29, 0.717) is 0 Å². The van der Waals surface area contributed by atoms with Gasteiger partial charge in [-0.2, -0.15) is 0 Å². The van der Waals surface area contributed by atoms with Crippen molar-refractivity contribution in [3.8, 4) is 0 Å². The first-order valence-electron chi connectivity index (χ1n) is 4.84. The van der Waals surface area contributed by atoms with E-state index in [-0.39, 0.29) is 34.0 Å². The minimum atomic E-state index is 0. The molecule has 0 N–H and O–H groups in total. The highest BCUT2D eigenvalue weighted by molar-refractivity contribution is 9.10. The summed E-state index contributed by atoms with van der Waals surface area (Å²) < 4.78 is 1.12. The van der Waals surface area contributed by atoms with Crippen LogP contribution in [-0.4, -0.2) is 0 Å². The highest BCUT2D eigenvalue weighted by Crippen LogP contribution is 2.18. The molecule has 0 aliphatic carbocycles. The summed E-state index contributed by atoms with van der Waals surface area (Å²) in [6, 6.07) is 18.5. The Bertz CT molecular complexity index is 464. The molecule has 0 heterocycles. The zero-order valence-corrected chi connectivity index (χ0v) is 14.1. The van der Waals surface area contributed by atoms with E-state index in [2.05, 4.69) is 46.3 Å². The van der Waals surface area contributed by atoms with Gasteiger partial charge in [0.25, 0.3) is 0 Å². The summed E-state index contributed by atoms with van der Waals surface area (Å²) in [6.45, 7) is 0. The van der Waals surface area contributed by atoms with E-state index in [0.717, 1.165) is 4.47 Å². The molecule has 0 amide bonds. The molecule has 3 heteroatoms. The van der Waals surface area contributed by atoms with Gasteiger partial charge in [0.2, 0.25) is 0 Å². The molecule has 0 saturated heterocycles. The van der Waals surface area contributed by atoms with Crippen LogP contribution in [0.1, 0.15) is 11.1 Å². The molecule has 0 aliphatic rings. The van der Waals surface area contributed by atoms with E-state index in [1.165, 1.54) is 11.1 Å². The van der Waals surface area contributed by atoms with Crippen molar-refractivity contribution >= 4 is 62.0 Å². The first-order valence-corrected chi connectivity index (χ1v) is 5.63. The summed E-state index contributed by atoms with van der Waals surface area (Å²) in [5.74, 6) is 0. The third-order valence-electron chi connectivity index (χ3n) is 2.16. The molecular formula is C14H13Br3. The Morgan fingerprint density at radius 3 is 1.94 bits per heavy atom. The van der Waals surface area contributed by atoms with Crippen LogP contribution in [0.25, 0.3) is 12.2 Å². The average Bonchev–Trinajstić information content (AvgIpc) is 2.29. The smallest absolute Gasteiger partial charge is 0.0247 e. The second kappa shape index (κ2) is 8.67. The van der Waals surface area contributed by atoms with E-state index < -0.39 is 0 Å². The molecule has 0 aliphatic heterocycles. The summed E-state index contributed by atoms with van der Waals surface area (Å²) >= 11 is 3.52. The molecule has 0 unspecified atom stereocenters. The van der Waals surface area contributed by atoms with Crippen LogP contribution in [0.2, 0.25) is 0 Å². The monoisotopic (exact) mass is 418 g/mol. The fraction of sp³-hybridized carbons (Fsp3) is 0. The number of rotatable bonds is 2. The highest BCUT2D eigenvalue weighted by atomic mass is 79.9. The van der Waals surface area contributed by atoms with Gasteiger partial charge in [0.05, 0.1) is 0 Å². The zero-order chi connectivity index (χ0) is 10.5. The number of hydrogen-bond donors (Lipinski definition) is 0. The Morgan fingerprint density at radius 2 is 1.29 bits per heavy atom. The Hall–Kier alpha value is -0.380. The fourth-order valence-electron chi connectivity index (χ4n) is 1.36. The quantitative estimate of drug-likeness (QED) is 0.540. The molecule has 17 heavy (non-hydrogen) atoms. The van der Waals surface area contributed by atoms with Crippen LogP contribution in [0.3, 0.4) is 0 Å². The second-order valence-corrected chi connectivity index (χ2v) is 4.12. The molecule has 0 spiro atoms. The minimum Gasteiger partial charge on any atom is -0.114 e. The van der Waals surface area contributed by atoms with Gasteiger partial charge >= 0.3 is 0 Å². The molecule has 0 saturated carbocycles. The molecule has 0 fully saturated rings. The first kappa shape index (κ1) is 16.6. The maximum Gasteiger partial charge on any atom is 0.0247 e. The van der Waals surface area contributed by atoms with Gasteiger partial charge in [-0.15, -0.1) is 34.0 Å². The molecule has 2 aromatic rings. The van der Waals surface area contributed by atoms with Crippen LogP contribution >= 0.6 is 49.9 Å². The largest absolute Gasteiger partial charge is 0.114 e. The molecule has 0 nitrogen and oxygen atoms in total. The van der Waals surface area contributed by atoms with Gasteiger partial charge in [-0.1, -0.05) is 76.6 Å². The summed E-state index contributed by atoms with van der Waals surface area (Å²) in [5.41, 5.74) is 2.41. The van der Waals surface area contributed by atoms with Crippen LogP contribution < -0.4 is 0 Å². The Kier molecular flexibility index (Phi) is 8.48. The second-order valence-electron chi connectivity index (χ2n) is 3.27. The van der Waals surface area contributed by atoms with Crippen LogP contribution in [0.4, 0.5) is 0 Å². The summed E-state index contributed by atoms with van der Waals surface area (Å²) in [5, 5.41) is 0. The van der Waals surface area contributed by atoms with Crippen molar-refractivity contribution in [1.29, 1.82) is 0 Å². The van der Waals surface area contributed by atoms with Gasteiger partial charge < -0.3 is 0 Å². The Labute approximate surface area is 131 Å². The van der Waals surface area contributed by atoms with Gasteiger partial charge in [0.15, 0.2) is 0 Å². The Morgan fingerprint density at radius 1 is 0.706 bits per heavy atom. The summed E-state index contributed by atoms with van der Waals surface area (Å²) in [4.78, 5) is 0. The van der Waals surface area contributed by atoms with Crippen LogP contribution in [0.15, 0.2) is 59.1 Å². The van der Waals surface area contributed by atoms with Gasteiger partial charge in [-0.05, 0) is 17.2 Å². The van der Waals surface area contributed by atoms with E-state index in [9.17, 15) is 0 Å². The third-order valence-corrected chi connectivity index (χ3v) is 2.88. The molecule has 0 aromatic heterocycles. The van der Waals surface area contributed by atoms with Gasteiger partial charge in [-0.25, -0.2) is 0 Å². The van der Waals surface area contributed by atoms with Crippen molar-refractivity contribution in [2.45, 2.75) is 0 Å². The maximum absolute atomic E-state index is 3.52. The molecule has 0 bridgehead atoms. The average molecular weight is 421 g/mol. The zero-order valence-electron chi connectivity index (χ0n) is 9.05. The van der Waals surface area contributed by atoms with Crippen molar-refractivity contribution in [3.05, 3.63) is 70.2 Å². The molecular weight excluding hydrogens is 408 g/mol. The van der Waals surface area contributed by atoms with Gasteiger partial charge in [0, 0.05) is 4.47 Å². The van der Waals surface area contributed by atoms with Crippen molar-refractivity contribution in [1.82, 2.24) is 0 Å². The lowest BCUT2D eigenvalue weighted by Gasteiger charge is -1.96. The molecule has 0 atom stereocenters. The molecule has 2 aromatic carbocycles. The lowest BCUT2D eigenvalue weighted by Crippen LogP contribution is -1.74. The number of benzene rings is 2. The van der Waals surface area contributed by atoms with Crippen LogP contribution in [-0.2, 0) is 0 Å². The maximum atomic E-state index is 3.52. The SMILES string of the molecule is Br.Br.Brc1ccccc1C=Cc1ccccc1. The van der Waals surface area contributed by atoms with E-state index in [1.54, 1.807) is 0 Å². The van der Waals surface area contributed by atoms with Crippen molar-refractivity contribution < 1.29 is 0 Å². The number of hydrogen-bond acceptors (Lipinski definition) is 0. The van der Waals surface area contributed by atoms with E-state index >= 15 is 0 Å². The van der Waals surface area contributed by atoms with E-state index in [1.807, 2.05) is 36.4 Å². The fourth-order valence-corrected chi connectivity index (χ4v) is 1.78. The lowest BCUT2D eigenvalue weighted by atomic mass is 10.1. The third kappa shape index (κ3) is 5.19. The normalized spacial score (nSPS) is 9.47. The molecule has 90 valence electrons. The first-order chi connectivity index (χ1) is 7.36. The topological polar surface area (TPSA) is 0 Å². The van der Waals surface area contributed by atoms with Gasteiger partial charge in [0.1, 0.15) is 0 Å².